The molecule has 180 valence electrons. The summed E-state index contributed by atoms with van der Waals surface area (Å²) in [4.78, 5) is 27.3. The molecule has 0 unspecified atom stereocenters. The van der Waals surface area contributed by atoms with Crippen molar-refractivity contribution in [3.8, 4) is 0 Å². The number of carbonyl (C=O) groups excluding carboxylic acids is 1. The molecule has 3 aliphatic heterocycles. The molecule has 4 aliphatic rings. The maximum absolute atomic E-state index is 13.3. The number of nitrogens with zero attached hydrogens (tertiary/aromatic N) is 1. The summed E-state index contributed by atoms with van der Waals surface area (Å²) in [5.41, 5.74) is 1.34. The number of β-lactam (4-membered cyclic amide) rings is 1. The minimum Gasteiger partial charge on any atom is -0.477 e. The molecule has 1 saturated carbocycles. The quantitative estimate of drug-likeness (QED) is 0.422. The summed E-state index contributed by atoms with van der Waals surface area (Å²) >= 11 is 1.92. The van der Waals surface area contributed by atoms with Crippen LogP contribution in [0.15, 0.2) is 11.3 Å². The van der Waals surface area contributed by atoms with Gasteiger partial charge in [-0.15, -0.1) is 0 Å². The zero-order chi connectivity index (χ0) is 23.4. The summed E-state index contributed by atoms with van der Waals surface area (Å²) in [6.07, 6.45) is 4.11. The number of carboxylic acids is 1. The third kappa shape index (κ3) is 4.10. The van der Waals surface area contributed by atoms with Crippen LogP contribution in [0.1, 0.15) is 53.4 Å². The van der Waals surface area contributed by atoms with Gasteiger partial charge in [0.05, 0.1) is 18.1 Å². The summed E-state index contributed by atoms with van der Waals surface area (Å²) < 4.78 is 6.62. The van der Waals surface area contributed by atoms with Gasteiger partial charge >= 0.3 is 5.97 Å². The van der Waals surface area contributed by atoms with E-state index in [1.54, 1.807) is 4.90 Å². The molecule has 8 heteroatoms. The van der Waals surface area contributed by atoms with Crippen molar-refractivity contribution in [2.45, 2.75) is 88.9 Å². The van der Waals surface area contributed by atoms with Crippen LogP contribution < -0.4 is 5.32 Å². The monoisotopic (exact) mass is 480 g/mol. The normalized spacial score (nSPS) is 33.8. The molecule has 1 aliphatic carbocycles. The van der Waals surface area contributed by atoms with Crippen molar-refractivity contribution in [1.82, 2.24) is 10.2 Å². The number of rotatable bonds is 7. The third-order valence-corrected chi connectivity index (χ3v) is 14.7. The van der Waals surface area contributed by atoms with Crippen molar-refractivity contribution in [2.75, 3.05) is 18.8 Å². The molecule has 0 bridgehead atoms. The lowest BCUT2D eigenvalue weighted by Crippen LogP contribution is -2.65. The third-order valence-electron chi connectivity index (χ3n) is 8.53. The molecule has 0 aromatic carbocycles. The zero-order valence-corrected chi connectivity index (χ0v) is 22.3. The molecule has 2 saturated heterocycles. The fraction of sp³-hybridized carbons (Fsp3) is 0.833. The highest BCUT2D eigenvalue weighted by molar-refractivity contribution is 8.00. The number of hydrogen-bond acceptors (Lipinski definition) is 5. The molecule has 0 radical (unpaired) electrons. The van der Waals surface area contributed by atoms with E-state index in [9.17, 15) is 14.7 Å². The van der Waals surface area contributed by atoms with Crippen LogP contribution in [0, 0.1) is 17.8 Å². The maximum atomic E-state index is 13.3. The predicted molar refractivity (Wildman–Crippen MR) is 131 cm³/mol. The van der Waals surface area contributed by atoms with Gasteiger partial charge in [0.25, 0.3) is 0 Å². The van der Waals surface area contributed by atoms with Gasteiger partial charge in [0.1, 0.15) is 5.70 Å². The van der Waals surface area contributed by atoms with Crippen LogP contribution in [0.4, 0.5) is 0 Å². The number of hydrogen-bond donors (Lipinski definition) is 2. The van der Waals surface area contributed by atoms with Gasteiger partial charge in [0, 0.05) is 11.2 Å². The van der Waals surface area contributed by atoms with E-state index in [0.29, 0.717) is 11.6 Å². The van der Waals surface area contributed by atoms with Gasteiger partial charge < -0.3 is 19.7 Å². The fourth-order valence-electron chi connectivity index (χ4n) is 5.82. The van der Waals surface area contributed by atoms with Crippen molar-refractivity contribution in [1.29, 1.82) is 0 Å². The molecular formula is C24H40N2O4SSi. The Balaban J connectivity index is 1.55. The van der Waals surface area contributed by atoms with Gasteiger partial charge in [-0.2, -0.15) is 11.8 Å². The van der Waals surface area contributed by atoms with E-state index in [0.717, 1.165) is 43.7 Å². The Morgan fingerprint density at radius 1 is 1.31 bits per heavy atom. The highest BCUT2D eigenvalue weighted by atomic mass is 32.2. The number of thioether (sulfide) groups is 1. The second-order valence-electron chi connectivity index (χ2n) is 11.6. The number of aliphatic carboxylic acids is 1. The first-order chi connectivity index (χ1) is 14.9. The van der Waals surface area contributed by atoms with Gasteiger partial charge in [0.2, 0.25) is 5.91 Å². The molecule has 32 heavy (non-hydrogen) atoms. The Hall–Kier alpha value is -0.833. The lowest BCUT2D eigenvalue weighted by Gasteiger charge is -2.50. The van der Waals surface area contributed by atoms with Crippen molar-refractivity contribution in [3.05, 3.63) is 11.3 Å². The number of carboxylic acid groups (broad SMARTS) is 1. The summed E-state index contributed by atoms with van der Waals surface area (Å²) in [6.45, 7) is 15.2. The molecule has 0 spiro atoms. The standard InChI is InChI=1S/C24H40N2O4SSi/c1-14(30-32(5,6)24(2,3)4)18-20-16-8-7-9-17(31-13-15-10-11-25-12-15)19(16)21(23(28)29)26(20)22(18)27/h14-18,20,25H,7-13H2,1-6H3,(H,28,29)/t14-,15-,16+,17+,18-,20-/m1/s1. The largest absolute Gasteiger partial charge is 0.477 e. The van der Waals surface area contributed by atoms with Crippen molar-refractivity contribution in [3.63, 3.8) is 0 Å². The van der Waals surface area contributed by atoms with Crippen LogP contribution in [-0.4, -0.2) is 66.4 Å². The molecule has 4 rings (SSSR count). The molecule has 6 atom stereocenters. The van der Waals surface area contributed by atoms with Crippen LogP contribution in [0.3, 0.4) is 0 Å². The topological polar surface area (TPSA) is 78.9 Å². The summed E-state index contributed by atoms with van der Waals surface area (Å²) in [5, 5.41) is 13.8. The Bertz CT molecular complexity index is 802. The minimum atomic E-state index is -2.02. The number of amides is 1. The van der Waals surface area contributed by atoms with E-state index in [4.69, 9.17) is 4.43 Å². The van der Waals surface area contributed by atoms with Crippen LogP contribution in [0.5, 0.6) is 0 Å². The van der Waals surface area contributed by atoms with Gasteiger partial charge in [-0.25, -0.2) is 4.79 Å². The van der Waals surface area contributed by atoms with Crippen LogP contribution in [0.2, 0.25) is 18.1 Å². The first kappa shape index (κ1) is 24.3. The van der Waals surface area contributed by atoms with Crippen LogP contribution in [-0.2, 0) is 14.0 Å². The molecule has 6 nitrogen and oxygen atoms in total. The highest BCUT2D eigenvalue weighted by Crippen LogP contribution is 2.55. The van der Waals surface area contributed by atoms with Crippen molar-refractivity contribution in [2.24, 2.45) is 17.8 Å². The van der Waals surface area contributed by atoms with Crippen molar-refractivity contribution < 1.29 is 19.1 Å². The van der Waals surface area contributed by atoms with Gasteiger partial charge in [-0.05, 0) is 74.7 Å². The molecule has 0 aromatic rings. The summed E-state index contributed by atoms with van der Waals surface area (Å²) in [7, 11) is -2.02. The lowest BCUT2D eigenvalue weighted by atomic mass is 9.72. The molecular weight excluding hydrogens is 440 g/mol. The van der Waals surface area contributed by atoms with E-state index >= 15 is 0 Å². The van der Waals surface area contributed by atoms with Crippen LogP contribution >= 0.6 is 11.8 Å². The second kappa shape index (κ2) is 8.75. The smallest absolute Gasteiger partial charge is 0.352 e. The van der Waals surface area contributed by atoms with E-state index in [2.05, 4.69) is 39.2 Å². The Labute approximate surface area is 198 Å². The molecule has 2 N–H and O–H groups in total. The number of carbonyl (C=O) groups is 2. The maximum Gasteiger partial charge on any atom is 0.352 e. The van der Waals surface area contributed by atoms with E-state index < -0.39 is 14.3 Å². The van der Waals surface area contributed by atoms with Crippen LogP contribution in [0.25, 0.3) is 0 Å². The van der Waals surface area contributed by atoms with Gasteiger partial charge in [-0.3, -0.25) is 4.79 Å². The van der Waals surface area contributed by atoms with E-state index in [-0.39, 0.29) is 40.2 Å². The van der Waals surface area contributed by atoms with Crippen molar-refractivity contribution >= 4 is 32.0 Å². The average Bonchev–Trinajstić information content (AvgIpc) is 3.29. The molecule has 0 aromatic heterocycles. The summed E-state index contributed by atoms with van der Waals surface area (Å²) in [6, 6.07) is -0.0417. The molecule has 3 heterocycles. The average molecular weight is 481 g/mol. The highest BCUT2D eigenvalue weighted by Gasteiger charge is 2.63. The Morgan fingerprint density at radius 2 is 2.03 bits per heavy atom. The first-order valence-corrected chi connectivity index (χ1v) is 16.2. The first-order valence-electron chi connectivity index (χ1n) is 12.2. The van der Waals surface area contributed by atoms with E-state index in [1.165, 1.54) is 6.42 Å². The lowest BCUT2D eigenvalue weighted by molar-refractivity contribution is -0.163. The van der Waals surface area contributed by atoms with Gasteiger partial charge in [-0.1, -0.05) is 27.2 Å². The number of fused-ring (bicyclic) bond motifs is 3. The Kier molecular flexibility index (Phi) is 6.64. The minimum absolute atomic E-state index is 0.0417. The second-order valence-corrected chi connectivity index (χ2v) is 17.6. The predicted octanol–water partition coefficient (Wildman–Crippen LogP) is 4.09. The Morgan fingerprint density at radius 3 is 2.62 bits per heavy atom. The fourth-order valence-corrected chi connectivity index (χ4v) is 8.84. The zero-order valence-electron chi connectivity index (χ0n) is 20.4. The molecule has 3 fully saturated rings. The SMILES string of the molecule is C[C@@H](O[Si](C)(C)C(C)(C)C)[C@H]1C(=O)N2C(C(=O)O)=C3[C@@H](SC[C@@H]4CCNC4)CCC[C@@H]3[C@H]12. The number of nitrogens with one attached hydrogen (secondary N) is 1. The van der Waals surface area contributed by atoms with E-state index in [1.807, 2.05) is 18.7 Å². The molecule has 1 amide bonds. The summed E-state index contributed by atoms with van der Waals surface area (Å²) in [5.74, 6) is 0.677. The van der Waals surface area contributed by atoms with Gasteiger partial charge in [0.15, 0.2) is 8.32 Å².